The van der Waals surface area contributed by atoms with E-state index in [2.05, 4.69) is 5.32 Å². The van der Waals surface area contributed by atoms with Crippen LogP contribution in [0.15, 0.2) is 60.7 Å². The molecule has 1 heterocycles. The average molecular weight is 494 g/mol. The van der Waals surface area contributed by atoms with Crippen molar-refractivity contribution in [1.29, 1.82) is 0 Å². The van der Waals surface area contributed by atoms with Crippen molar-refractivity contribution in [2.45, 2.75) is 31.0 Å². The zero-order chi connectivity index (χ0) is 25.9. The third-order valence-electron chi connectivity index (χ3n) is 7.31. The van der Waals surface area contributed by atoms with E-state index in [0.29, 0.717) is 35.2 Å². The number of aliphatic hydroxyl groups is 1. The highest BCUT2D eigenvalue weighted by atomic mass is 16.5. The van der Waals surface area contributed by atoms with Crippen LogP contribution < -0.4 is 29.0 Å². The number of methoxy groups -OCH3 is 5. The van der Waals surface area contributed by atoms with E-state index >= 15 is 0 Å². The Morgan fingerprint density at radius 2 is 1.28 bits per heavy atom. The molecule has 0 aromatic heterocycles. The van der Waals surface area contributed by atoms with Crippen LogP contribution in [0.5, 0.6) is 28.7 Å². The largest absolute Gasteiger partial charge is 0.497 e. The quantitative estimate of drug-likeness (QED) is 0.456. The van der Waals surface area contributed by atoms with Gasteiger partial charge in [0.15, 0.2) is 0 Å². The first-order valence-electron chi connectivity index (χ1n) is 12.0. The van der Waals surface area contributed by atoms with Gasteiger partial charge in [-0.05, 0) is 42.5 Å². The molecule has 0 aliphatic carbocycles. The van der Waals surface area contributed by atoms with E-state index in [1.165, 1.54) is 0 Å². The third kappa shape index (κ3) is 4.56. The SMILES string of the molecule is COc1ccc(OC)c([C@@H]2C[C@](O)(c3ccccc3OC)[C@@H](C)[C@@H](c3cc(OC)ccc3OC)N2)c1. The molecule has 0 saturated carbocycles. The highest BCUT2D eigenvalue weighted by Crippen LogP contribution is 2.53. The Morgan fingerprint density at radius 3 is 1.86 bits per heavy atom. The molecule has 3 aromatic rings. The molecule has 36 heavy (non-hydrogen) atoms. The number of rotatable bonds is 8. The van der Waals surface area contributed by atoms with Crippen LogP contribution >= 0.6 is 0 Å². The molecule has 2 N–H and O–H groups in total. The van der Waals surface area contributed by atoms with Gasteiger partial charge in [-0.25, -0.2) is 0 Å². The van der Waals surface area contributed by atoms with Gasteiger partial charge in [-0.1, -0.05) is 25.1 Å². The van der Waals surface area contributed by atoms with Crippen molar-refractivity contribution in [3.05, 3.63) is 77.4 Å². The minimum Gasteiger partial charge on any atom is -0.497 e. The minimum atomic E-state index is -1.24. The lowest BCUT2D eigenvalue weighted by molar-refractivity contribution is -0.0760. The third-order valence-corrected chi connectivity index (χ3v) is 7.31. The normalized spacial score (nSPS) is 23.6. The van der Waals surface area contributed by atoms with Gasteiger partial charge in [-0.2, -0.15) is 0 Å². The number of nitrogens with one attached hydrogen (secondary N) is 1. The van der Waals surface area contributed by atoms with Gasteiger partial charge in [0.05, 0.1) is 41.2 Å². The van der Waals surface area contributed by atoms with Gasteiger partial charge in [-0.15, -0.1) is 0 Å². The van der Waals surface area contributed by atoms with Crippen molar-refractivity contribution in [3.63, 3.8) is 0 Å². The Bertz CT molecular complexity index is 1200. The lowest BCUT2D eigenvalue weighted by atomic mass is 9.68. The van der Waals surface area contributed by atoms with E-state index in [-0.39, 0.29) is 18.0 Å². The molecule has 7 nitrogen and oxygen atoms in total. The summed E-state index contributed by atoms with van der Waals surface area (Å²) in [5.41, 5.74) is 1.28. The Kier molecular flexibility index (Phi) is 7.62. The van der Waals surface area contributed by atoms with Gasteiger partial charge in [-0.3, -0.25) is 0 Å². The second kappa shape index (κ2) is 10.7. The topological polar surface area (TPSA) is 78.4 Å². The molecule has 0 radical (unpaired) electrons. The van der Waals surface area contributed by atoms with Gasteiger partial charge in [0.2, 0.25) is 0 Å². The Balaban J connectivity index is 1.92. The first-order valence-corrected chi connectivity index (χ1v) is 12.0. The van der Waals surface area contributed by atoms with Crippen LogP contribution in [0, 0.1) is 5.92 Å². The van der Waals surface area contributed by atoms with E-state index in [1.807, 2.05) is 67.6 Å². The van der Waals surface area contributed by atoms with E-state index in [1.54, 1.807) is 35.5 Å². The summed E-state index contributed by atoms with van der Waals surface area (Å²) in [7, 11) is 8.19. The standard InChI is InChI=1S/C29H35NO6/c1-18-28(22-16-20(33-3)12-14-26(22)35-5)30-24(21-15-19(32-2)11-13-25(21)34-4)17-29(18,31)23-9-7-8-10-27(23)36-6/h7-16,18,24,28,30-31H,17H2,1-6H3/t18-,24-,28-,29+/m0/s1. The fourth-order valence-corrected chi connectivity index (χ4v) is 5.30. The van der Waals surface area contributed by atoms with Crippen LogP contribution in [0.2, 0.25) is 0 Å². The van der Waals surface area contributed by atoms with Crippen LogP contribution in [0.1, 0.15) is 42.1 Å². The molecule has 0 spiro atoms. The van der Waals surface area contributed by atoms with E-state index in [0.717, 1.165) is 16.7 Å². The Hall–Kier alpha value is -3.42. The Morgan fingerprint density at radius 1 is 0.722 bits per heavy atom. The molecule has 0 unspecified atom stereocenters. The summed E-state index contributed by atoms with van der Waals surface area (Å²) in [6.07, 6.45) is 0.390. The molecule has 1 fully saturated rings. The maximum atomic E-state index is 12.5. The molecule has 7 heteroatoms. The molecule has 192 valence electrons. The molecule has 0 amide bonds. The molecule has 4 atom stereocenters. The van der Waals surface area contributed by atoms with E-state index < -0.39 is 5.60 Å². The summed E-state index contributed by atoms with van der Waals surface area (Å²) in [4.78, 5) is 0. The minimum absolute atomic E-state index is 0.261. The fourth-order valence-electron chi connectivity index (χ4n) is 5.30. The predicted molar refractivity (Wildman–Crippen MR) is 138 cm³/mol. The second-order valence-electron chi connectivity index (χ2n) is 9.03. The summed E-state index contributed by atoms with van der Waals surface area (Å²) < 4.78 is 28.2. The summed E-state index contributed by atoms with van der Waals surface area (Å²) in [5, 5.41) is 16.3. The summed E-state index contributed by atoms with van der Waals surface area (Å²) in [5.74, 6) is 3.22. The van der Waals surface area contributed by atoms with E-state index in [9.17, 15) is 5.11 Å². The van der Waals surface area contributed by atoms with Gasteiger partial charge in [0.1, 0.15) is 28.7 Å². The van der Waals surface area contributed by atoms with Crippen molar-refractivity contribution >= 4 is 0 Å². The molecule has 1 saturated heterocycles. The highest BCUT2D eigenvalue weighted by Gasteiger charge is 2.49. The van der Waals surface area contributed by atoms with Crippen LogP contribution in [0.3, 0.4) is 0 Å². The fraction of sp³-hybridized carbons (Fsp3) is 0.379. The zero-order valence-corrected chi connectivity index (χ0v) is 21.7. The molecule has 0 bridgehead atoms. The van der Waals surface area contributed by atoms with Crippen LogP contribution in [-0.2, 0) is 5.60 Å². The van der Waals surface area contributed by atoms with Gasteiger partial charge < -0.3 is 34.1 Å². The number of ether oxygens (including phenoxy) is 5. The average Bonchev–Trinajstić information content (AvgIpc) is 2.93. The molecule has 3 aromatic carbocycles. The molecule has 4 rings (SSSR count). The van der Waals surface area contributed by atoms with Crippen LogP contribution in [0.25, 0.3) is 0 Å². The van der Waals surface area contributed by atoms with Crippen molar-refractivity contribution in [2.24, 2.45) is 5.92 Å². The molecule has 1 aliphatic heterocycles. The monoisotopic (exact) mass is 493 g/mol. The lowest BCUT2D eigenvalue weighted by Gasteiger charge is -2.48. The number of para-hydroxylation sites is 1. The van der Waals surface area contributed by atoms with Gasteiger partial charge >= 0.3 is 0 Å². The van der Waals surface area contributed by atoms with Crippen molar-refractivity contribution in [2.75, 3.05) is 35.5 Å². The smallest absolute Gasteiger partial charge is 0.124 e. The number of hydrogen-bond acceptors (Lipinski definition) is 7. The summed E-state index contributed by atoms with van der Waals surface area (Å²) in [6, 6.07) is 18.5. The Labute approximate surface area is 212 Å². The summed E-state index contributed by atoms with van der Waals surface area (Å²) in [6.45, 7) is 2.04. The molecular weight excluding hydrogens is 458 g/mol. The van der Waals surface area contributed by atoms with E-state index in [4.69, 9.17) is 23.7 Å². The number of benzene rings is 3. The van der Waals surface area contributed by atoms with Crippen LogP contribution in [0.4, 0.5) is 0 Å². The second-order valence-corrected chi connectivity index (χ2v) is 9.03. The maximum absolute atomic E-state index is 12.5. The van der Waals surface area contributed by atoms with Gasteiger partial charge in [0, 0.05) is 41.1 Å². The maximum Gasteiger partial charge on any atom is 0.124 e. The van der Waals surface area contributed by atoms with Gasteiger partial charge in [0.25, 0.3) is 0 Å². The van der Waals surface area contributed by atoms with Crippen molar-refractivity contribution in [1.82, 2.24) is 5.32 Å². The number of hydrogen-bond donors (Lipinski definition) is 2. The zero-order valence-electron chi connectivity index (χ0n) is 21.7. The first-order chi connectivity index (χ1) is 17.4. The number of piperidine rings is 1. The lowest BCUT2D eigenvalue weighted by Crippen LogP contribution is -2.50. The molecule has 1 aliphatic rings. The predicted octanol–water partition coefficient (Wildman–Crippen LogP) is 5.03. The van der Waals surface area contributed by atoms with Crippen molar-refractivity contribution in [3.8, 4) is 28.7 Å². The molecular formula is C29H35NO6. The highest BCUT2D eigenvalue weighted by molar-refractivity contribution is 5.48. The van der Waals surface area contributed by atoms with Crippen molar-refractivity contribution < 1.29 is 28.8 Å². The van der Waals surface area contributed by atoms with Crippen LogP contribution in [-0.4, -0.2) is 40.7 Å². The first kappa shape index (κ1) is 25.7. The summed E-state index contributed by atoms with van der Waals surface area (Å²) >= 11 is 0.